The highest BCUT2D eigenvalue weighted by atomic mass is 16.5. The number of hydrogen-bond acceptors (Lipinski definition) is 5. The molecule has 8 nitrogen and oxygen atoms in total. The lowest BCUT2D eigenvalue weighted by molar-refractivity contribution is -0.137. The predicted molar refractivity (Wildman–Crippen MR) is 136 cm³/mol. The summed E-state index contributed by atoms with van der Waals surface area (Å²) in [5.74, 6) is 0.130. The third-order valence-corrected chi connectivity index (χ3v) is 5.64. The van der Waals surface area contributed by atoms with E-state index >= 15 is 0 Å². The van der Waals surface area contributed by atoms with Crippen LogP contribution >= 0.6 is 0 Å². The number of ether oxygens (including phenoxy) is 1. The quantitative estimate of drug-likeness (QED) is 0.228. The van der Waals surface area contributed by atoms with E-state index in [-0.39, 0.29) is 18.2 Å². The second-order valence-electron chi connectivity index (χ2n) is 8.22. The normalized spacial score (nSPS) is 11.7. The summed E-state index contributed by atoms with van der Waals surface area (Å²) in [6, 6.07) is 19.1. The zero-order valence-electron chi connectivity index (χ0n) is 19.5. The minimum atomic E-state index is -0.836. The average molecular weight is 473 g/mol. The number of pyridine rings is 1. The molecule has 0 aliphatic carbocycles. The van der Waals surface area contributed by atoms with Crippen molar-refractivity contribution in [2.24, 2.45) is 0 Å². The number of H-pyrrole nitrogens is 1. The van der Waals surface area contributed by atoms with Crippen LogP contribution in [0.15, 0.2) is 73.1 Å². The first-order chi connectivity index (χ1) is 17.0. The van der Waals surface area contributed by atoms with E-state index in [1.165, 1.54) is 6.92 Å². The summed E-state index contributed by atoms with van der Waals surface area (Å²) in [4.78, 5) is 30.4. The van der Waals surface area contributed by atoms with Gasteiger partial charge in [-0.15, -0.1) is 0 Å². The van der Waals surface area contributed by atoms with Gasteiger partial charge in [-0.25, -0.2) is 4.98 Å². The van der Waals surface area contributed by atoms with Gasteiger partial charge < -0.3 is 25.5 Å². The maximum atomic E-state index is 11.5. The number of carbonyl (C=O) groups excluding carboxylic acids is 1. The van der Waals surface area contributed by atoms with E-state index < -0.39 is 5.97 Å². The standard InChI is InChI=1S/C27H28N4O4/c1-18(32)31-24-9-5-12-28-27(24)29-13-6-14-35-20-10-11-21-23(17-30-25(21)15-20)22(16-26(33)34)19-7-3-2-4-8-19/h2-5,7-12,15,17,22,30H,6,13-14,16H2,1H3,(H,28,29)(H,31,32)(H,33,34). The molecule has 0 radical (unpaired) electrons. The first-order valence-electron chi connectivity index (χ1n) is 11.5. The van der Waals surface area contributed by atoms with Crippen molar-refractivity contribution in [1.29, 1.82) is 0 Å². The summed E-state index contributed by atoms with van der Waals surface area (Å²) in [7, 11) is 0. The van der Waals surface area contributed by atoms with Crippen LogP contribution in [0.4, 0.5) is 11.5 Å². The molecule has 0 bridgehead atoms. The van der Waals surface area contributed by atoms with E-state index in [1.54, 1.807) is 18.3 Å². The van der Waals surface area contributed by atoms with Crippen LogP contribution < -0.4 is 15.4 Å². The number of aromatic nitrogens is 2. The first-order valence-corrected chi connectivity index (χ1v) is 11.5. The molecule has 0 saturated carbocycles. The molecule has 1 atom stereocenters. The maximum Gasteiger partial charge on any atom is 0.304 e. The topological polar surface area (TPSA) is 116 Å². The average Bonchev–Trinajstić information content (AvgIpc) is 3.26. The van der Waals surface area contributed by atoms with Gasteiger partial charge in [0.15, 0.2) is 0 Å². The number of nitrogens with zero attached hydrogens (tertiary/aromatic N) is 1. The Labute approximate surface area is 203 Å². The summed E-state index contributed by atoms with van der Waals surface area (Å²) in [5.41, 5.74) is 3.47. The molecular weight excluding hydrogens is 444 g/mol. The van der Waals surface area contributed by atoms with E-state index in [0.29, 0.717) is 24.7 Å². The number of carboxylic acid groups (broad SMARTS) is 1. The minimum Gasteiger partial charge on any atom is -0.493 e. The zero-order chi connectivity index (χ0) is 24.6. The Hall–Kier alpha value is -4.33. The van der Waals surface area contributed by atoms with Crippen LogP contribution in [-0.4, -0.2) is 40.1 Å². The lowest BCUT2D eigenvalue weighted by Gasteiger charge is -2.15. The van der Waals surface area contributed by atoms with Crippen molar-refractivity contribution in [2.45, 2.75) is 25.7 Å². The summed E-state index contributed by atoms with van der Waals surface area (Å²) < 4.78 is 5.92. The summed E-state index contributed by atoms with van der Waals surface area (Å²) in [6.45, 7) is 2.59. The molecule has 2 aromatic heterocycles. The highest BCUT2D eigenvalue weighted by molar-refractivity contribution is 5.91. The SMILES string of the molecule is CC(=O)Nc1cccnc1NCCCOc1ccc2c(C(CC(=O)O)c3ccccc3)c[nH]c2c1. The Morgan fingerprint density at radius 2 is 1.94 bits per heavy atom. The number of benzene rings is 2. The van der Waals surface area contributed by atoms with Crippen molar-refractivity contribution >= 4 is 34.3 Å². The number of carbonyl (C=O) groups is 2. The number of fused-ring (bicyclic) bond motifs is 1. The van der Waals surface area contributed by atoms with E-state index in [2.05, 4.69) is 20.6 Å². The Balaban J connectivity index is 1.37. The van der Waals surface area contributed by atoms with Crippen LogP contribution in [0.1, 0.15) is 36.8 Å². The number of hydrogen-bond donors (Lipinski definition) is 4. The highest BCUT2D eigenvalue weighted by Crippen LogP contribution is 2.34. The smallest absolute Gasteiger partial charge is 0.304 e. The van der Waals surface area contributed by atoms with Gasteiger partial charge >= 0.3 is 5.97 Å². The molecule has 180 valence electrons. The Kier molecular flexibility index (Phi) is 7.62. The number of aliphatic carboxylic acids is 1. The van der Waals surface area contributed by atoms with Gasteiger partial charge in [-0.3, -0.25) is 9.59 Å². The van der Waals surface area contributed by atoms with E-state index in [4.69, 9.17) is 4.74 Å². The fourth-order valence-electron chi connectivity index (χ4n) is 4.08. The molecule has 1 amide bonds. The summed E-state index contributed by atoms with van der Waals surface area (Å²) in [5, 5.41) is 16.4. The van der Waals surface area contributed by atoms with Gasteiger partial charge in [0.05, 0.1) is 18.7 Å². The number of carboxylic acids is 1. The van der Waals surface area contributed by atoms with Crippen molar-refractivity contribution in [1.82, 2.24) is 9.97 Å². The molecule has 4 rings (SSSR count). The van der Waals surface area contributed by atoms with Gasteiger partial charge in [-0.2, -0.15) is 0 Å². The van der Waals surface area contributed by atoms with Crippen LogP contribution in [0.3, 0.4) is 0 Å². The van der Waals surface area contributed by atoms with Crippen molar-refractivity contribution in [2.75, 3.05) is 23.8 Å². The Morgan fingerprint density at radius 1 is 1.11 bits per heavy atom. The molecule has 0 aliphatic heterocycles. The number of nitrogens with one attached hydrogen (secondary N) is 3. The van der Waals surface area contributed by atoms with Gasteiger partial charge in [0, 0.05) is 48.7 Å². The van der Waals surface area contributed by atoms with Crippen LogP contribution in [0.2, 0.25) is 0 Å². The van der Waals surface area contributed by atoms with Crippen LogP contribution in [0.25, 0.3) is 10.9 Å². The molecule has 8 heteroatoms. The lowest BCUT2D eigenvalue weighted by atomic mass is 9.88. The Morgan fingerprint density at radius 3 is 2.71 bits per heavy atom. The molecule has 0 spiro atoms. The van der Waals surface area contributed by atoms with Crippen molar-refractivity contribution in [3.8, 4) is 5.75 Å². The Bertz CT molecular complexity index is 1300. The van der Waals surface area contributed by atoms with Crippen LogP contribution in [0, 0.1) is 0 Å². The minimum absolute atomic E-state index is 0.0160. The number of anilines is 2. The lowest BCUT2D eigenvalue weighted by Crippen LogP contribution is -2.12. The first kappa shape index (κ1) is 23.8. The van der Waals surface area contributed by atoms with Gasteiger partial charge in [-0.05, 0) is 41.8 Å². The number of amides is 1. The molecule has 0 aliphatic rings. The molecule has 2 aromatic carbocycles. The van der Waals surface area contributed by atoms with Crippen molar-refractivity contribution in [3.63, 3.8) is 0 Å². The van der Waals surface area contributed by atoms with Crippen LogP contribution in [-0.2, 0) is 9.59 Å². The third-order valence-electron chi connectivity index (χ3n) is 5.64. The van der Waals surface area contributed by atoms with Gasteiger partial charge in [0.1, 0.15) is 11.6 Å². The molecule has 35 heavy (non-hydrogen) atoms. The highest BCUT2D eigenvalue weighted by Gasteiger charge is 2.21. The van der Waals surface area contributed by atoms with Gasteiger partial charge in [0.25, 0.3) is 0 Å². The number of rotatable bonds is 11. The van der Waals surface area contributed by atoms with E-state index in [1.807, 2.05) is 54.7 Å². The molecule has 2 heterocycles. The van der Waals surface area contributed by atoms with Gasteiger partial charge in [-0.1, -0.05) is 30.3 Å². The number of aromatic amines is 1. The fourth-order valence-corrected chi connectivity index (χ4v) is 4.08. The maximum absolute atomic E-state index is 11.5. The van der Waals surface area contributed by atoms with E-state index in [9.17, 15) is 14.7 Å². The molecule has 4 aromatic rings. The second-order valence-corrected chi connectivity index (χ2v) is 8.22. The monoisotopic (exact) mass is 472 g/mol. The molecule has 4 N–H and O–H groups in total. The van der Waals surface area contributed by atoms with Gasteiger partial charge in [0.2, 0.25) is 5.91 Å². The van der Waals surface area contributed by atoms with Crippen molar-refractivity contribution < 1.29 is 19.4 Å². The van der Waals surface area contributed by atoms with E-state index in [0.717, 1.165) is 34.2 Å². The predicted octanol–water partition coefficient (Wildman–Crippen LogP) is 5.01. The largest absolute Gasteiger partial charge is 0.493 e. The molecule has 0 saturated heterocycles. The van der Waals surface area contributed by atoms with Crippen LogP contribution in [0.5, 0.6) is 5.75 Å². The molecule has 0 fully saturated rings. The molecule has 1 unspecified atom stereocenters. The summed E-state index contributed by atoms with van der Waals surface area (Å²) >= 11 is 0. The third kappa shape index (κ3) is 6.17. The zero-order valence-corrected chi connectivity index (χ0v) is 19.5. The second kappa shape index (κ2) is 11.2. The van der Waals surface area contributed by atoms with Crippen molar-refractivity contribution in [3.05, 3.63) is 84.2 Å². The summed E-state index contributed by atoms with van der Waals surface area (Å²) in [6.07, 6.45) is 4.31. The molecular formula is C27H28N4O4. The fraction of sp³-hybridized carbons (Fsp3) is 0.222.